The second kappa shape index (κ2) is 6.91. The van der Waals surface area contributed by atoms with Gasteiger partial charge in [-0.1, -0.05) is 23.7 Å². The summed E-state index contributed by atoms with van der Waals surface area (Å²) in [6.07, 6.45) is 2.41. The second-order valence-electron chi connectivity index (χ2n) is 4.37. The van der Waals surface area contributed by atoms with Crippen LogP contribution in [0.1, 0.15) is 5.69 Å². The summed E-state index contributed by atoms with van der Waals surface area (Å²) in [6.45, 7) is 0.511. The molecule has 0 radical (unpaired) electrons. The van der Waals surface area contributed by atoms with Crippen molar-refractivity contribution < 1.29 is 9.90 Å². The van der Waals surface area contributed by atoms with Gasteiger partial charge in [0.05, 0.1) is 0 Å². The molecule has 0 aliphatic heterocycles. The number of nitrogens with zero attached hydrogens (tertiary/aromatic N) is 2. The predicted octanol–water partition coefficient (Wildman–Crippen LogP) is 2.87. The van der Waals surface area contributed by atoms with Crippen LogP contribution >= 0.6 is 11.6 Å². The second-order valence-corrected chi connectivity index (χ2v) is 4.80. The third kappa shape index (κ3) is 4.24. The van der Waals surface area contributed by atoms with Crippen molar-refractivity contribution in [1.29, 1.82) is 0 Å². The quantitative estimate of drug-likeness (QED) is 0.889. The molecule has 0 aliphatic carbocycles. The van der Waals surface area contributed by atoms with E-state index in [2.05, 4.69) is 4.98 Å². The van der Waals surface area contributed by atoms with Gasteiger partial charge < -0.3 is 10.0 Å². The van der Waals surface area contributed by atoms with Gasteiger partial charge in [-0.05, 0) is 30.3 Å². The van der Waals surface area contributed by atoms with Gasteiger partial charge in [-0.2, -0.15) is 0 Å². The Morgan fingerprint density at radius 2 is 2.10 bits per heavy atom. The standard InChI is InChI=1S/C15H15ClN2O2/c16-12-4-3-6-14(10-12)18(11-15(19)20)9-7-13-5-1-2-8-17-13/h1-6,8,10H,7,9,11H2,(H,19,20). The molecule has 0 amide bonds. The Morgan fingerprint density at radius 1 is 1.25 bits per heavy atom. The molecule has 0 saturated carbocycles. The van der Waals surface area contributed by atoms with Crippen LogP contribution in [0.15, 0.2) is 48.7 Å². The molecule has 2 aromatic rings. The minimum atomic E-state index is -0.869. The maximum atomic E-state index is 11.0. The van der Waals surface area contributed by atoms with Gasteiger partial charge >= 0.3 is 5.97 Å². The van der Waals surface area contributed by atoms with Crippen LogP contribution in [0.2, 0.25) is 5.02 Å². The molecule has 5 heteroatoms. The van der Waals surface area contributed by atoms with Crippen LogP contribution < -0.4 is 4.90 Å². The third-order valence-corrected chi connectivity index (χ3v) is 3.10. The number of pyridine rings is 1. The van der Waals surface area contributed by atoms with E-state index < -0.39 is 5.97 Å². The molecule has 1 aromatic heterocycles. The number of benzene rings is 1. The van der Waals surface area contributed by atoms with E-state index in [-0.39, 0.29) is 6.54 Å². The average molecular weight is 291 g/mol. The molecule has 0 fully saturated rings. The Morgan fingerprint density at radius 3 is 2.75 bits per heavy atom. The first kappa shape index (κ1) is 14.3. The predicted molar refractivity (Wildman–Crippen MR) is 79.2 cm³/mol. The van der Waals surface area contributed by atoms with Crippen LogP contribution in [0, 0.1) is 0 Å². The first-order valence-corrected chi connectivity index (χ1v) is 6.65. The van der Waals surface area contributed by atoms with Crippen LogP contribution in [0.25, 0.3) is 0 Å². The van der Waals surface area contributed by atoms with Crippen LogP contribution in [-0.2, 0) is 11.2 Å². The zero-order valence-electron chi connectivity index (χ0n) is 10.9. The fourth-order valence-electron chi connectivity index (χ4n) is 1.93. The van der Waals surface area contributed by atoms with Gasteiger partial charge in [0, 0.05) is 35.6 Å². The van der Waals surface area contributed by atoms with Crippen molar-refractivity contribution >= 4 is 23.3 Å². The van der Waals surface area contributed by atoms with E-state index in [9.17, 15) is 4.79 Å². The molecule has 0 atom stereocenters. The van der Waals surface area contributed by atoms with Crippen LogP contribution in [0.4, 0.5) is 5.69 Å². The highest BCUT2D eigenvalue weighted by atomic mass is 35.5. The first-order chi connectivity index (χ1) is 9.65. The number of rotatable bonds is 6. The third-order valence-electron chi connectivity index (χ3n) is 2.86. The molecule has 1 aromatic carbocycles. The molecule has 20 heavy (non-hydrogen) atoms. The SMILES string of the molecule is O=C(O)CN(CCc1ccccn1)c1cccc(Cl)c1. The highest BCUT2D eigenvalue weighted by Crippen LogP contribution is 2.19. The van der Waals surface area contributed by atoms with E-state index in [4.69, 9.17) is 16.7 Å². The summed E-state index contributed by atoms with van der Waals surface area (Å²) < 4.78 is 0. The van der Waals surface area contributed by atoms with E-state index in [1.165, 1.54) is 0 Å². The number of anilines is 1. The van der Waals surface area contributed by atoms with Crippen LogP contribution in [0.3, 0.4) is 0 Å². The van der Waals surface area contributed by atoms with Gasteiger partial charge in [0.2, 0.25) is 0 Å². The van der Waals surface area contributed by atoms with Crippen molar-refractivity contribution in [2.75, 3.05) is 18.0 Å². The topological polar surface area (TPSA) is 53.4 Å². The fourth-order valence-corrected chi connectivity index (χ4v) is 2.12. The lowest BCUT2D eigenvalue weighted by Gasteiger charge is -2.22. The normalized spacial score (nSPS) is 10.2. The lowest BCUT2D eigenvalue weighted by Crippen LogP contribution is -2.31. The summed E-state index contributed by atoms with van der Waals surface area (Å²) in [5.41, 5.74) is 1.74. The maximum Gasteiger partial charge on any atom is 0.323 e. The number of hydrogen-bond donors (Lipinski definition) is 1. The Hall–Kier alpha value is -2.07. The van der Waals surface area contributed by atoms with Crippen molar-refractivity contribution in [3.63, 3.8) is 0 Å². The summed E-state index contributed by atoms with van der Waals surface area (Å²) in [7, 11) is 0. The van der Waals surface area contributed by atoms with Gasteiger partial charge in [0.1, 0.15) is 6.54 Å². The largest absolute Gasteiger partial charge is 0.480 e. The lowest BCUT2D eigenvalue weighted by molar-refractivity contribution is -0.135. The van der Waals surface area contributed by atoms with E-state index >= 15 is 0 Å². The minimum Gasteiger partial charge on any atom is -0.480 e. The number of hydrogen-bond acceptors (Lipinski definition) is 3. The molecule has 1 heterocycles. The number of carboxylic acids is 1. The number of carboxylic acid groups (broad SMARTS) is 1. The summed E-state index contributed by atoms with van der Waals surface area (Å²) in [5.74, 6) is -0.869. The molecule has 104 valence electrons. The number of aliphatic carboxylic acids is 1. The molecule has 0 unspecified atom stereocenters. The molecular weight excluding hydrogens is 276 g/mol. The zero-order chi connectivity index (χ0) is 14.4. The molecule has 1 N–H and O–H groups in total. The van der Waals surface area contributed by atoms with E-state index in [0.717, 1.165) is 11.4 Å². The molecule has 2 rings (SSSR count). The smallest absolute Gasteiger partial charge is 0.323 e. The van der Waals surface area contributed by atoms with Crippen LogP contribution in [0.5, 0.6) is 0 Å². The minimum absolute atomic E-state index is 0.0623. The molecule has 0 saturated heterocycles. The molecule has 0 aliphatic rings. The van der Waals surface area contributed by atoms with Gasteiger partial charge in [-0.25, -0.2) is 0 Å². The van der Waals surface area contributed by atoms with Crippen molar-refractivity contribution in [2.24, 2.45) is 0 Å². The summed E-state index contributed by atoms with van der Waals surface area (Å²) in [6, 6.07) is 12.9. The van der Waals surface area contributed by atoms with Gasteiger partial charge in [-0.3, -0.25) is 9.78 Å². The van der Waals surface area contributed by atoms with E-state index in [1.807, 2.05) is 30.3 Å². The molecule has 0 spiro atoms. The highest BCUT2D eigenvalue weighted by molar-refractivity contribution is 6.30. The van der Waals surface area contributed by atoms with E-state index in [1.54, 1.807) is 23.2 Å². The fraction of sp³-hybridized carbons (Fsp3) is 0.200. The summed E-state index contributed by atoms with van der Waals surface area (Å²) >= 11 is 5.96. The average Bonchev–Trinajstić information content (AvgIpc) is 2.44. The molecular formula is C15H15ClN2O2. The number of halogens is 1. The summed E-state index contributed by atoms with van der Waals surface area (Å²) in [5, 5.41) is 9.61. The van der Waals surface area contributed by atoms with Gasteiger partial charge in [0.25, 0.3) is 0 Å². The van der Waals surface area contributed by atoms with E-state index in [0.29, 0.717) is 18.0 Å². The lowest BCUT2D eigenvalue weighted by atomic mass is 10.2. The Bertz CT molecular complexity index is 575. The van der Waals surface area contributed by atoms with Crippen LogP contribution in [-0.4, -0.2) is 29.1 Å². The highest BCUT2D eigenvalue weighted by Gasteiger charge is 2.11. The van der Waals surface area contributed by atoms with Crippen molar-refractivity contribution in [3.05, 3.63) is 59.4 Å². The van der Waals surface area contributed by atoms with Crippen molar-refractivity contribution in [1.82, 2.24) is 4.98 Å². The molecule has 0 bridgehead atoms. The van der Waals surface area contributed by atoms with Crippen molar-refractivity contribution in [2.45, 2.75) is 6.42 Å². The number of aromatic nitrogens is 1. The maximum absolute atomic E-state index is 11.0. The van der Waals surface area contributed by atoms with Gasteiger partial charge in [-0.15, -0.1) is 0 Å². The first-order valence-electron chi connectivity index (χ1n) is 6.27. The Balaban J connectivity index is 2.09. The monoisotopic (exact) mass is 290 g/mol. The number of carbonyl (C=O) groups is 1. The van der Waals surface area contributed by atoms with Gasteiger partial charge in [0.15, 0.2) is 0 Å². The Kier molecular flexibility index (Phi) is 4.96. The zero-order valence-corrected chi connectivity index (χ0v) is 11.6. The molecule has 4 nitrogen and oxygen atoms in total. The van der Waals surface area contributed by atoms with Crippen molar-refractivity contribution in [3.8, 4) is 0 Å². The summed E-state index contributed by atoms with van der Waals surface area (Å²) in [4.78, 5) is 17.0. The Labute approximate surface area is 122 Å².